The molecule has 0 unspecified atom stereocenters. The molecule has 28 heavy (non-hydrogen) atoms. The Kier molecular flexibility index (Phi) is 6.30. The second-order valence-electron chi connectivity index (χ2n) is 5.77. The van der Waals surface area contributed by atoms with Crippen molar-refractivity contribution in [1.82, 2.24) is 4.98 Å². The van der Waals surface area contributed by atoms with Crippen molar-refractivity contribution in [1.29, 1.82) is 5.26 Å². The Morgan fingerprint density at radius 2 is 1.86 bits per heavy atom. The third kappa shape index (κ3) is 4.33. The van der Waals surface area contributed by atoms with Crippen LogP contribution in [0.4, 0.5) is 0 Å². The Hall–Kier alpha value is -3.30. The molecule has 0 atom stereocenters. The van der Waals surface area contributed by atoms with Gasteiger partial charge in [-0.05, 0) is 49.4 Å². The SMILES string of the molecule is CCOc1ccc(-c2csc(C(C#N)=Cc3ccc(OC)cc3OC)n2)cc1. The zero-order valence-corrected chi connectivity index (χ0v) is 16.7. The fourth-order valence-electron chi connectivity index (χ4n) is 2.65. The minimum atomic E-state index is 0.477. The van der Waals surface area contributed by atoms with Crippen LogP contribution in [0, 0.1) is 11.3 Å². The van der Waals surface area contributed by atoms with Gasteiger partial charge in [0.2, 0.25) is 0 Å². The lowest BCUT2D eigenvalue weighted by Gasteiger charge is -2.07. The average molecular weight is 392 g/mol. The molecular weight excluding hydrogens is 372 g/mol. The van der Waals surface area contributed by atoms with Gasteiger partial charge in [-0.25, -0.2) is 4.98 Å². The summed E-state index contributed by atoms with van der Waals surface area (Å²) in [6.07, 6.45) is 1.78. The molecule has 3 rings (SSSR count). The van der Waals surface area contributed by atoms with Crippen molar-refractivity contribution in [2.75, 3.05) is 20.8 Å². The Bertz CT molecular complexity index is 1020. The van der Waals surface area contributed by atoms with Gasteiger partial charge in [-0.1, -0.05) is 0 Å². The van der Waals surface area contributed by atoms with E-state index in [1.54, 1.807) is 26.4 Å². The highest BCUT2D eigenvalue weighted by Gasteiger charge is 2.11. The van der Waals surface area contributed by atoms with E-state index in [-0.39, 0.29) is 0 Å². The summed E-state index contributed by atoms with van der Waals surface area (Å²) in [5.74, 6) is 2.15. The number of allylic oxidation sites excluding steroid dienone is 1. The summed E-state index contributed by atoms with van der Waals surface area (Å²) in [6.45, 7) is 2.58. The van der Waals surface area contributed by atoms with Crippen LogP contribution >= 0.6 is 11.3 Å². The van der Waals surface area contributed by atoms with E-state index in [2.05, 4.69) is 11.1 Å². The predicted molar refractivity (Wildman–Crippen MR) is 112 cm³/mol. The van der Waals surface area contributed by atoms with Crippen molar-refractivity contribution in [3.63, 3.8) is 0 Å². The highest BCUT2D eigenvalue weighted by Crippen LogP contribution is 2.31. The third-order valence-electron chi connectivity index (χ3n) is 4.06. The van der Waals surface area contributed by atoms with Gasteiger partial charge >= 0.3 is 0 Å². The Labute approximate surface area is 168 Å². The van der Waals surface area contributed by atoms with E-state index >= 15 is 0 Å². The van der Waals surface area contributed by atoms with Crippen LogP contribution in [0.3, 0.4) is 0 Å². The highest BCUT2D eigenvalue weighted by atomic mass is 32.1. The molecule has 2 aromatic carbocycles. The summed E-state index contributed by atoms with van der Waals surface area (Å²) in [5, 5.41) is 12.2. The average Bonchev–Trinajstić information content (AvgIpc) is 3.22. The lowest BCUT2D eigenvalue weighted by molar-refractivity contribution is 0.340. The lowest BCUT2D eigenvalue weighted by Crippen LogP contribution is -1.91. The summed E-state index contributed by atoms with van der Waals surface area (Å²) in [5.41, 5.74) is 3.07. The summed E-state index contributed by atoms with van der Waals surface area (Å²) in [4.78, 5) is 4.63. The van der Waals surface area contributed by atoms with Crippen LogP contribution in [0.5, 0.6) is 17.2 Å². The minimum Gasteiger partial charge on any atom is -0.497 e. The van der Waals surface area contributed by atoms with E-state index < -0.39 is 0 Å². The van der Waals surface area contributed by atoms with E-state index in [0.717, 1.165) is 22.6 Å². The predicted octanol–water partition coefficient (Wildman–Crippen LogP) is 5.29. The summed E-state index contributed by atoms with van der Waals surface area (Å²) in [6, 6.07) is 15.5. The van der Waals surface area contributed by atoms with Gasteiger partial charge in [-0.2, -0.15) is 5.26 Å². The van der Waals surface area contributed by atoms with Crippen LogP contribution in [0.2, 0.25) is 0 Å². The first-order valence-corrected chi connectivity index (χ1v) is 9.59. The molecule has 1 aromatic heterocycles. The van der Waals surface area contributed by atoms with Crippen molar-refractivity contribution < 1.29 is 14.2 Å². The van der Waals surface area contributed by atoms with Crippen LogP contribution in [0.25, 0.3) is 22.9 Å². The Balaban J connectivity index is 1.90. The molecule has 0 aliphatic carbocycles. The number of hydrogen-bond acceptors (Lipinski definition) is 6. The molecule has 0 aliphatic heterocycles. The van der Waals surface area contributed by atoms with Gasteiger partial charge in [0, 0.05) is 22.6 Å². The monoisotopic (exact) mass is 392 g/mol. The number of aromatic nitrogens is 1. The topological polar surface area (TPSA) is 64.4 Å². The van der Waals surface area contributed by atoms with Crippen LogP contribution < -0.4 is 14.2 Å². The van der Waals surface area contributed by atoms with E-state index in [1.807, 2.05) is 48.7 Å². The van der Waals surface area contributed by atoms with E-state index in [9.17, 15) is 5.26 Å². The Morgan fingerprint density at radius 3 is 2.50 bits per heavy atom. The minimum absolute atomic E-state index is 0.477. The molecule has 0 aliphatic rings. The fraction of sp³-hybridized carbons (Fsp3) is 0.182. The van der Waals surface area contributed by atoms with Crippen LogP contribution in [0.15, 0.2) is 47.8 Å². The molecule has 0 N–H and O–H groups in total. The number of ether oxygens (including phenoxy) is 3. The van der Waals surface area contributed by atoms with Gasteiger partial charge in [0.15, 0.2) is 0 Å². The van der Waals surface area contributed by atoms with Crippen LogP contribution in [-0.4, -0.2) is 25.8 Å². The standard InChI is InChI=1S/C22H20N2O3S/c1-4-27-18-8-5-15(6-9-18)20-14-28-22(24-20)17(13-23)11-16-7-10-19(25-2)12-21(16)26-3/h5-12,14H,4H2,1-3H3. The van der Waals surface area contributed by atoms with Crippen molar-refractivity contribution >= 4 is 23.0 Å². The zero-order chi connectivity index (χ0) is 19.9. The third-order valence-corrected chi connectivity index (χ3v) is 4.93. The molecule has 0 amide bonds. The first-order chi connectivity index (χ1) is 13.7. The van der Waals surface area contributed by atoms with E-state index in [1.165, 1.54) is 11.3 Å². The second-order valence-corrected chi connectivity index (χ2v) is 6.63. The number of nitriles is 1. The molecule has 0 fully saturated rings. The van der Waals surface area contributed by atoms with Gasteiger partial charge in [-0.3, -0.25) is 0 Å². The van der Waals surface area contributed by atoms with Gasteiger partial charge in [0.1, 0.15) is 28.3 Å². The molecule has 6 heteroatoms. The van der Waals surface area contributed by atoms with Gasteiger partial charge in [0.25, 0.3) is 0 Å². The first kappa shape index (κ1) is 19.5. The fourth-order valence-corrected chi connectivity index (χ4v) is 3.45. The zero-order valence-electron chi connectivity index (χ0n) is 15.9. The molecule has 0 spiro atoms. The number of nitrogens with zero attached hydrogens (tertiary/aromatic N) is 2. The number of benzene rings is 2. The van der Waals surface area contributed by atoms with E-state index in [0.29, 0.717) is 28.7 Å². The summed E-state index contributed by atoms with van der Waals surface area (Å²) in [7, 11) is 3.19. The smallest absolute Gasteiger partial charge is 0.134 e. The molecule has 0 bridgehead atoms. The maximum absolute atomic E-state index is 9.65. The van der Waals surface area contributed by atoms with Crippen molar-refractivity contribution in [2.24, 2.45) is 0 Å². The molecule has 3 aromatic rings. The molecule has 142 valence electrons. The van der Waals surface area contributed by atoms with E-state index in [4.69, 9.17) is 14.2 Å². The number of methoxy groups -OCH3 is 2. The second kappa shape index (κ2) is 9.07. The number of rotatable bonds is 7. The summed E-state index contributed by atoms with van der Waals surface area (Å²) < 4.78 is 16.1. The summed E-state index contributed by atoms with van der Waals surface area (Å²) >= 11 is 1.43. The normalized spacial score (nSPS) is 11.0. The quantitative estimate of drug-likeness (QED) is 0.511. The molecule has 0 radical (unpaired) electrons. The van der Waals surface area contributed by atoms with Crippen molar-refractivity contribution in [3.8, 4) is 34.6 Å². The van der Waals surface area contributed by atoms with Gasteiger partial charge in [-0.15, -0.1) is 11.3 Å². The highest BCUT2D eigenvalue weighted by molar-refractivity contribution is 7.11. The molecule has 1 heterocycles. The van der Waals surface area contributed by atoms with Crippen molar-refractivity contribution in [2.45, 2.75) is 6.92 Å². The number of hydrogen-bond donors (Lipinski definition) is 0. The molecule has 5 nitrogen and oxygen atoms in total. The van der Waals surface area contributed by atoms with Crippen molar-refractivity contribution in [3.05, 3.63) is 58.4 Å². The largest absolute Gasteiger partial charge is 0.497 e. The maximum atomic E-state index is 9.65. The van der Waals surface area contributed by atoms with Crippen LogP contribution in [-0.2, 0) is 0 Å². The molecule has 0 saturated heterocycles. The molecular formula is C22H20N2O3S. The first-order valence-electron chi connectivity index (χ1n) is 8.71. The van der Waals surface area contributed by atoms with Gasteiger partial charge in [0.05, 0.1) is 32.1 Å². The molecule has 0 saturated carbocycles. The maximum Gasteiger partial charge on any atom is 0.134 e. The van der Waals surface area contributed by atoms with Crippen LogP contribution in [0.1, 0.15) is 17.5 Å². The lowest BCUT2D eigenvalue weighted by atomic mass is 10.1. The number of thiazole rings is 1. The van der Waals surface area contributed by atoms with Gasteiger partial charge < -0.3 is 14.2 Å². The Morgan fingerprint density at radius 1 is 1.11 bits per heavy atom.